The van der Waals surface area contributed by atoms with E-state index in [9.17, 15) is 0 Å². The first-order chi connectivity index (χ1) is 9.35. The monoisotopic (exact) mass is 258 g/mol. The van der Waals surface area contributed by atoms with Crippen molar-refractivity contribution >= 4 is 6.08 Å². The fourth-order valence-electron chi connectivity index (χ4n) is 2.68. The van der Waals surface area contributed by atoms with Crippen LogP contribution in [0.2, 0.25) is 0 Å². The van der Waals surface area contributed by atoms with Crippen molar-refractivity contribution in [2.45, 2.75) is 18.9 Å². The molecule has 2 heteroatoms. The van der Waals surface area contributed by atoms with Gasteiger partial charge in [0.05, 0.1) is 6.10 Å². The smallest absolute Gasteiger partial charge is 0.146 e. The molecule has 0 saturated heterocycles. The Morgan fingerprint density at radius 2 is 1.95 bits per heavy atom. The summed E-state index contributed by atoms with van der Waals surface area (Å²) in [6, 6.07) is 10.4. The van der Waals surface area contributed by atoms with Gasteiger partial charge in [-0.1, -0.05) is 48.6 Å². The van der Waals surface area contributed by atoms with Gasteiger partial charge < -0.3 is 9.47 Å². The van der Waals surface area contributed by atoms with Crippen LogP contribution in [0, 0.1) is 11.8 Å². The van der Waals surface area contributed by atoms with Crippen LogP contribution in [-0.4, -0.2) is 20.0 Å². The highest BCUT2D eigenvalue weighted by Gasteiger charge is 2.33. The van der Waals surface area contributed by atoms with Gasteiger partial charge in [0.15, 0.2) is 0 Å². The van der Waals surface area contributed by atoms with Gasteiger partial charge in [0.1, 0.15) is 6.79 Å². The van der Waals surface area contributed by atoms with Crippen molar-refractivity contribution in [2.24, 2.45) is 11.8 Å². The quantitative estimate of drug-likeness (QED) is 0.569. The molecule has 19 heavy (non-hydrogen) atoms. The zero-order valence-corrected chi connectivity index (χ0v) is 11.5. The minimum absolute atomic E-state index is 0.192. The molecule has 1 saturated carbocycles. The molecule has 0 unspecified atom stereocenters. The van der Waals surface area contributed by atoms with Crippen LogP contribution in [0.1, 0.15) is 18.4 Å². The fourth-order valence-corrected chi connectivity index (χ4v) is 2.68. The number of benzene rings is 1. The second-order valence-corrected chi connectivity index (χ2v) is 4.95. The third kappa shape index (κ3) is 3.79. The van der Waals surface area contributed by atoms with E-state index in [1.807, 2.05) is 12.1 Å². The summed E-state index contributed by atoms with van der Waals surface area (Å²) in [5, 5.41) is 0. The van der Waals surface area contributed by atoms with Crippen molar-refractivity contribution in [2.75, 3.05) is 13.9 Å². The molecule has 2 rings (SSSR count). The lowest BCUT2D eigenvalue weighted by molar-refractivity contribution is -0.0871. The summed E-state index contributed by atoms with van der Waals surface area (Å²) < 4.78 is 10.8. The molecule has 0 N–H and O–H groups in total. The van der Waals surface area contributed by atoms with Gasteiger partial charge in [0.2, 0.25) is 0 Å². The van der Waals surface area contributed by atoms with Gasteiger partial charge in [-0.05, 0) is 18.4 Å². The maximum absolute atomic E-state index is 5.81. The zero-order valence-electron chi connectivity index (χ0n) is 11.5. The van der Waals surface area contributed by atoms with E-state index < -0.39 is 0 Å². The van der Waals surface area contributed by atoms with Crippen LogP contribution < -0.4 is 0 Å². The van der Waals surface area contributed by atoms with Crippen molar-refractivity contribution < 1.29 is 9.47 Å². The first kappa shape index (κ1) is 14.0. The van der Waals surface area contributed by atoms with Gasteiger partial charge in [0.25, 0.3) is 0 Å². The van der Waals surface area contributed by atoms with Crippen molar-refractivity contribution in [3.05, 3.63) is 54.6 Å². The Hall–Kier alpha value is -1.38. The van der Waals surface area contributed by atoms with E-state index in [-0.39, 0.29) is 6.10 Å². The highest BCUT2D eigenvalue weighted by atomic mass is 16.7. The molecule has 0 aliphatic heterocycles. The van der Waals surface area contributed by atoms with E-state index >= 15 is 0 Å². The normalized spacial score (nSPS) is 26.9. The molecule has 102 valence electrons. The van der Waals surface area contributed by atoms with Crippen LogP contribution in [0.4, 0.5) is 0 Å². The molecule has 0 amide bonds. The Balaban J connectivity index is 2.01. The molecular weight excluding hydrogens is 236 g/mol. The van der Waals surface area contributed by atoms with E-state index in [2.05, 4.69) is 43.0 Å². The molecule has 1 fully saturated rings. The number of ether oxygens (including phenoxy) is 2. The highest BCUT2D eigenvalue weighted by Crippen LogP contribution is 2.35. The third-order valence-corrected chi connectivity index (χ3v) is 3.69. The maximum atomic E-state index is 5.81. The summed E-state index contributed by atoms with van der Waals surface area (Å²) in [4.78, 5) is 0. The van der Waals surface area contributed by atoms with E-state index in [1.54, 1.807) is 7.11 Å². The minimum Gasteiger partial charge on any atom is -0.359 e. The number of methoxy groups -OCH3 is 1. The summed E-state index contributed by atoms with van der Waals surface area (Å²) in [5.41, 5.74) is 1.23. The van der Waals surface area contributed by atoms with E-state index in [1.165, 1.54) is 5.56 Å². The predicted octanol–water partition coefficient (Wildman–Crippen LogP) is 3.90. The molecule has 0 aromatic heterocycles. The Labute approximate surface area is 115 Å². The molecule has 0 radical (unpaired) electrons. The van der Waals surface area contributed by atoms with E-state index in [0.29, 0.717) is 18.6 Å². The van der Waals surface area contributed by atoms with E-state index in [0.717, 1.165) is 12.8 Å². The summed E-state index contributed by atoms with van der Waals surface area (Å²) in [5.74, 6) is 0.874. The standard InChI is InChI=1S/C17H22O2/c1-3-15-11-12-16(17(15)19-13-18-2)10-9-14-7-5-4-6-8-14/h3-10,15-17H,1,11-13H2,2H3/b10-9+/t15-,16+,17-/m0/s1. The Kier molecular flexibility index (Phi) is 5.37. The van der Waals surface area contributed by atoms with Gasteiger partial charge in [-0.15, -0.1) is 6.58 Å². The Morgan fingerprint density at radius 3 is 2.63 bits per heavy atom. The van der Waals surface area contributed by atoms with Crippen LogP contribution in [0.5, 0.6) is 0 Å². The topological polar surface area (TPSA) is 18.5 Å². The molecule has 0 heterocycles. The molecule has 1 aliphatic carbocycles. The average molecular weight is 258 g/mol. The van der Waals surface area contributed by atoms with Crippen LogP contribution in [0.15, 0.2) is 49.1 Å². The Bertz CT molecular complexity index is 411. The molecule has 1 aliphatic rings. The molecule has 2 nitrogen and oxygen atoms in total. The van der Waals surface area contributed by atoms with Crippen LogP contribution in [0.25, 0.3) is 6.08 Å². The summed E-state index contributed by atoms with van der Waals surface area (Å²) in [7, 11) is 1.66. The first-order valence-electron chi connectivity index (χ1n) is 6.81. The maximum Gasteiger partial charge on any atom is 0.146 e. The van der Waals surface area contributed by atoms with Gasteiger partial charge in [-0.25, -0.2) is 0 Å². The van der Waals surface area contributed by atoms with Gasteiger partial charge in [0, 0.05) is 18.9 Å². The van der Waals surface area contributed by atoms with Gasteiger partial charge >= 0.3 is 0 Å². The molecular formula is C17H22O2. The third-order valence-electron chi connectivity index (χ3n) is 3.69. The Morgan fingerprint density at radius 1 is 1.21 bits per heavy atom. The molecule has 1 aromatic carbocycles. The minimum atomic E-state index is 0.192. The molecule has 3 atom stereocenters. The summed E-state index contributed by atoms with van der Waals surface area (Å²) in [6.45, 7) is 4.26. The lowest BCUT2D eigenvalue weighted by atomic mass is 9.99. The number of hydrogen-bond donors (Lipinski definition) is 0. The van der Waals surface area contributed by atoms with E-state index in [4.69, 9.17) is 9.47 Å². The van der Waals surface area contributed by atoms with Crippen LogP contribution >= 0.6 is 0 Å². The van der Waals surface area contributed by atoms with Gasteiger partial charge in [-0.3, -0.25) is 0 Å². The average Bonchev–Trinajstić information content (AvgIpc) is 2.86. The first-order valence-corrected chi connectivity index (χ1v) is 6.81. The number of rotatable bonds is 6. The molecule has 0 bridgehead atoms. The SMILES string of the molecule is C=C[C@H]1CC[C@@H](/C=C/c2ccccc2)[C@H]1OCOC. The summed E-state index contributed by atoms with van der Waals surface area (Å²) in [6.07, 6.45) is 8.93. The van der Waals surface area contributed by atoms with Crippen LogP contribution in [-0.2, 0) is 9.47 Å². The number of hydrogen-bond acceptors (Lipinski definition) is 2. The lowest BCUT2D eigenvalue weighted by Gasteiger charge is -2.21. The van der Waals surface area contributed by atoms with Gasteiger partial charge in [-0.2, -0.15) is 0 Å². The van der Waals surface area contributed by atoms with Crippen LogP contribution in [0.3, 0.4) is 0 Å². The van der Waals surface area contributed by atoms with Crippen molar-refractivity contribution in [3.63, 3.8) is 0 Å². The fraction of sp³-hybridized carbons (Fsp3) is 0.412. The van der Waals surface area contributed by atoms with Crippen molar-refractivity contribution in [1.82, 2.24) is 0 Å². The highest BCUT2D eigenvalue weighted by molar-refractivity contribution is 5.49. The second-order valence-electron chi connectivity index (χ2n) is 4.95. The second kappa shape index (κ2) is 7.27. The van der Waals surface area contributed by atoms with Crippen molar-refractivity contribution in [3.8, 4) is 0 Å². The molecule has 0 spiro atoms. The summed E-state index contributed by atoms with van der Waals surface area (Å²) >= 11 is 0. The largest absolute Gasteiger partial charge is 0.359 e. The molecule has 1 aromatic rings. The predicted molar refractivity (Wildman–Crippen MR) is 78.6 cm³/mol. The zero-order chi connectivity index (χ0) is 13.5. The van der Waals surface area contributed by atoms with Crippen molar-refractivity contribution in [1.29, 1.82) is 0 Å². The lowest BCUT2D eigenvalue weighted by Crippen LogP contribution is -2.24.